The van der Waals surface area contributed by atoms with Gasteiger partial charge in [-0.25, -0.2) is 9.37 Å². The van der Waals surface area contributed by atoms with E-state index in [1.54, 1.807) is 17.4 Å². The van der Waals surface area contributed by atoms with Gasteiger partial charge in [0.15, 0.2) is 0 Å². The van der Waals surface area contributed by atoms with Gasteiger partial charge >= 0.3 is 0 Å². The molecule has 1 aliphatic rings. The smallest absolute Gasteiger partial charge is 0.133 e. The summed E-state index contributed by atoms with van der Waals surface area (Å²) >= 11 is 1.66. The fraction of sp³-hybridized carbons (Fsp3) is 0.318. The molecule has 0 radical (unpaired) electrons. The Balaban J connectivity index is 1.59. The number of benzene rings is 2. The van der Waals surface area contributed by atoms with Crippen LogP contribution in [0.2, 0.25) is 0 Å². The van der Waals surface area contributed by atoms with Crippen molar-refractivity contribution in [3.05, 3.63) is 52.4 Å². The molecule has 4 aromatic rings. The Hall–Kier alpha value is -2.44. The molecule has 142 valence electrons. The van der Waals surface area contributed by atoms with Gasteiger partial charge in [0.1, 0.15) is 5.82 Å². The van der Waals surface area contributed by atoms with Crippen molar-refractivity contribution in [1.29, 1.82) is 0 Å². The second kappa shape index (κ2) is 6.87. The lowest BCUT2D eigenvalue weighted by Gasteiger charge is -2.21. The first kappa shape index (κ1) is 17.6. The molecule has 0 saturated carbocycles. The first-order valence-electron chi connectivity index (χ1n) is 9.64. The highest BCUT2D eigenvalue weighted by atomic mass is 32.1. The molecular weight excluding hydrogens is 371 g/mol. The van der Waals surface area contributed by atoms with Gasteiger partial charge in [0.2, 0.25) is 0 Å². The maximum Gasteiger partial charge on any atom is 0.133 e. The van der Waals surface area contributed by atoms with Gasteiger partial charge in [-0.2, -0.15) is 10.2 Å². The van der Waals surface area contributed by atoms with Crippen LogP contribution >= 0.6 is 11.3 Å². The maximum atomic E-state index is 15.0. The lowest BCUT2D eigenvalue weighted by molar-refractivity contribution is 0.451. The van der Waals surface area contributed by atoms with Crippen molar-refractivity contribution in [3.8, 4) is 11.1 Å². The van der Waals surface area contributed by atoms with Crippen molar-refractivity contribution in [1.82, 2.24) is 20.5 Å². The number of rotatable bonds is 2. The van der Waals surface area contributed by atoms with E-state index in [0.29, 0.717) is 16.8 Å². The number of nitrogens with one attached hydrogen (secondary N) is 1. The number of halogens is 1. The van der Waals surface area contributed by atoms with Crippen molar-refractivity contribution < 1.29 is 4.39 Å². The van der Waals surface area contributed by atoms with Gasteiger partial charge in [-0.15, -0.1) is 11.3 Å². The Kier molecular flexibility index (Phi) is 4.33. The second-order valence-electron chi connectivity index (χ2n) is 7.56. The molecule has 2 aromatic carbocycles. The number of hydrogen-bond donors (Lipinski definition) is 1. The van der Waals surface area contributed by atoms with Crippen LogP contribution in [0.5, 0.6) is 0 Å². The minimum absolute atomic E-state index is 0.240. The topological polar surface area (TPSA) is 50.7 Å². The van der Waals surface area contributed by atoms with Gasteiger partial charge in [-0.05, 0) is 86.8 Å². The lowest BCUT2D eigenvalue weighted by Crippen LogP contribution is -2.27. The SMILES string of the molecule is Cc1nc2c(C)cc(-c3cc(F)c4cc(C5CCNCC5)nnc4c3)cc2s1. The van der Waals surface area contributed by atoms with Crippen LogP contribution in [0.3, 0.4) is 0 Å². The summed E-state index contributed by atoms with van der Waals surface area (Å²) in [5.41, 5.74) is 5.44. The molecule has 0 amide bonds. The van der Waals surface area contributed by atoms with Gasteiger partial charge in [0.25, 0.3) is 0 Å². The maximum absolute atomic E-state index is 15.0. The van der Waals surface area contributed by atoms with E-state index in [2.05, 4.69) is 32.6 Å². The fourth-order valence-corrected chi connectivity index (χ4v) is 5.02. The molecule has 28 heavy (non-hydrogen) atoms. The zero-order valence-corrected chi connectivity index (χ0v) is 16.7. The molecule has 6 heteroatoms. The predicted octanol–water partition coefficient (Wildman–Crippen LogP) is 5.13. The van der Waals surface area contributed by atoms with E-state index >= 15 is 4.39 Å². The van der Waals surface area contributed by atoms with Crippen LogP contribution < -0.4 is 5.32 Å². The van der Waals surface area contributed by atoms with Crippen LogP contribution in [-0.2, 0) is 0 Å². The van der Waals surface area contributed by atoms with Gasteiger partial charge in [-0.3, -0.25) is 0 Å². The second-order valence-corrected chi connectivity index (χ2v) is 8.79. The molecule has 0 unspecified atom stereocenters. The standard InChI is InChI=1S/C22H21FN4S/c1-12-7-15(10-21-22(12)25-13(2)28-21)16-8-18(23)17-11-19(26-27-20(17)9-16)14-3-5-24-6-4-14/h7-11,14,24H,3-6H2,1-2H3. The zero-order chi connectivity index (χ0) is 19.3. The average Bonchev–Trinajstić information content (AvgIpc) is 3.09. The number of fused-ring (bicyclic) bond motifs is 2. The number of nitrogens with zero attached hydrogens (tertiary/aromatic N) is 3. The molecule has 1 N–H and O–H groups in total. The Labute approximate surface area is 166 Å². The highest BCUT2D eigenvalue weighted by molar-refractivity contribution is 7.18. The van der Waals surface area contributed by atoms with Gasteiger partial charge < -0.3 is 5.32 Å². The third-order valence-electron chi connectivity index (χ3n) is 5.56. The fourth-order valence-electron chi connectivity index (χ4n) is 4.08. The van der Waals surface area contributed by atoms with E-state index in [9.17, 15) is 0 Å². The molecule has 1 aliphatic heterocycles. The number of hydrogen-bond acceptors (Lipinski definition) is 5. The van der Waals surface area contributed by atoms with Crippen LogP contribution in [-0.4, -0.2) is 28.3 Å². The number of aromatic nitrogens is 3. The molecule has 0 atom stereocenters. The van der Waals surface area contributed by atoms with E-state index in [1.807, 2.05) is 26.0 Å². The van der Waals surface area contributed by atoms with Crippen molar-refractivity contribution in [3.63, 3.8) is 0 Å². The van der Waals surface area contributed by atoms with E-state index in [4.69, 9.17) is 0 Å². The van der Waals surface area contributed by atoms with Crippen molar-refractivity contribution in [2.45, 2.75) is 32.6 Å². The molecule has 1 fully saturated rings. The zero-order valence-electron chi connectivity index (χ0n) is 15.9. The molecule has 1 saturated heterocycles. The molecule has 5 rings (SSSR count). The van der Waals surface area contributed by atoms with Gasteiger partial charge in [-0.1, -0.05) is 0 Å². The summed E-state index contributed by atoms with van der Waals surface area (Å²) in [6, 6.07) is 9.60. The Morgan fingerprint density at radius 3 is 2.61 bits per heavy atom. The molecule has 0 aliphatic carbocycles. The molecular formula is C22H21FN4S. The molecule has 2 aromatic heterocycles. The van der Waals surface area contributed by atoms with Crippen LogP contribution in [0.15, 0.2) is 30.3 Å². The molecule has 4 nitrogen and oxygen atoms in total. The quantitative estimate of drug-likeness (QED) is 0.514. The summed E-state index contributed by atoms with van der Waals surface area (Å²) < 4.78 is 16.1. The third-order valence-corrected chi connectivity index (χ3v) is 6.47. The van der Waals surface area contributed by atoms with E-state index < -0.39 is 0 Å². The summed E-state index contributed by atoms with van der Waals surface area (Å²) in [7, 11) is 0. The Morgan fingerprint density at radius 1 is 1.00 bits per heavy atom. The van der Waals surface area contributed by atoms with Crippen molar-refractivity contribution >= 4 is 32.5 Å². The normalized spacial score (nSPS) is 15.5. The number of piperidine rings is 1. The summed E-state index contributed by atoms with van der Waals surface area (Å²) in [5.74, 6) is 0.118. The van der Waals surface area contributed by atoms with Crippen LogP contribution in [0.25, 0.3) is 32.2 Å². The number of thiazole rings is 1. The average molecular weight is 393 g/mol. The summed E-state index contributed by atoms with van der Waals surface area (Å²) in [4.78, 5) is 4.59. The lowest BCUT2D eigenvalue weighted by atomic mass is 9.93. The number of aryl methyl sites for hydroxylation is 2. The molecule has 3 heterocycles. The van der Waals surface area contributed by atoms with E-state index in [1.165, 1.54) is 0 Å². The molecule has 0 bridgehead atoms. The summed E-state index contributed by atoms with van der Waals surface area (Å²) in [5, 5.41) is 13.7. The first-order chi connectivity index (χ1) is 13.6. The largest absolute Gasteiger partial charge is 0.317 e. The van der Waals surface area contributed by atoms with Crippen molar-refractivity contribution in [2.75, 3.05) is 13.1 Å². The van der Waals surface area contributed by atoms with Crippen LogP contribution in [0, 0.1) is 19.7 Å². The summed E-state index contributed by atoms with van der Waals surface area (Å²) in [6.45, 7) is 6.01. The molecule has 0 spiro atoms. The Bertz CT molecular complexity index is 1190. The van der Waals surface area contributed by atoms with Crippen LogP contribution in [0.4, 0.5) is 4.39 Å². The Morgan fingerprint density at radius 2 is 1.79 bits per heavy atom. The highest BCUT2D eigenvalue weighted by Gasteiger charge is 2.19. The van der Waals surface area contributed by atoms with E-state index in [-0.39, 0.29) is 5.82 Å². The minimum atomic E-state index is -0.240. The first-order valence-corrected chi connectivity index (χ1v) is 10.5. The highest BCUT2D eigenvalue weighted by Crippen LogP contribution is 2.33. The monoisotopic (exact) mass is 392 g/mol. The third kappa shape index (κ3) is 3.06. The van der Waals surface area contributed by atoms with Gasteiger partial charge in [0.05, 0.1) is 26.4 Å². The predicted molar refractivity (Wildman–Crippen MR) is 112 cm³/mol. The summed E-state index contributed by atoms with van der Waals surface area (Å²) in [6.07, 6.45) is 2.04. The van der Waals surface area contributed by atoms with Gasteiger partial charge in [0, 0.05) is 11.3 Å². The van der Waals surface area contributed by atoms with Crippen molar-refractivity contribution in [2.24, 2.45) is 0 Å². The minimum Gasteiger partial charge on any atom is -0.317 e. The van der Waals surface area contributed by atoms with E-state index in [0.717, 1.165) is 63.5 Å². The van der Waals surface area contributed by atoms with Crippen LogP contribution in [0.1, 0.15) is 35.0 Å².